The first-order chi connectivity index (χ1) is 9.70. The van der Waals surface area contributed by atoms with Crippen LogP contribution in [0.4, 0.5) is 9.59 Å². The summed E-state index contributed by atoms with van der Waals surface area (Å²) in [4.78, 5) is 21.9. The first-order valence-corrected chi connectivity index (χ1v) is 6.73. The zero-order valence-electron chi connectivity index (χ0n) is 11.6. The molecule has 0 aromatic heterocycles. The summed E-state index contributed by atoms with van der Waals surface area (Å²) in [6, 6.07) is 0. The highest BCUT2D eigenvalue weighted by Gasteiger charge is 2.01. The van der Waals surface area contributed by atoms with Crippen LogP contribution in [0.15, 0.2) is 0 Å². The molecule has 0 saturated heterocycles. The van der Waals surface area contributed by atoms with E-state index in [1.54, 1.807) is 0 Å². The molecular formula is C12H24N2O6. The summed E-state index contributed by atoms with van der Waals surface area (Å²) in [6.07, 6.45) is 2.45. The summed E-state index contributed by atoms with van der Waals surface area (Å²) < 4.78 is 9.23. The second kappa shape index (κ2) is 13.9. The SMILES string of the molecule is O=C(NCCCCCCNC(=O)OCCO)OCCO. The number of aliphatic hydroxyl groups is 2. The van der Waals surface area contributed by atoms with Gasteiger partial charge in [-0.1, -0.05) is 12.8 Å². The minimum absolute atomic E-state index is 0.00385. The lowest BCUT2D eigenvalue weighted by Crippen LogP contribution is -2.27. The molecule has 2 amide bonds. The Labute approximate surface area is 118 Å². The van der Waals surface area contributed by atoms with Gasteiger partial charge in [0.05, 0.1) is 13.2 Å². The van der Waals surface area contributed by atoms with Crippen LogP contribution in [0.2, 0.25) is 0 Å². The number of carbonyl (C=O) groups is 2. The molecule has 0 unspecified atom stereocenters. The Bertz CT molecular complexity index is 236. The van der Waals surface area contributed by atoms with Crippen LogP contribution in [0.1, 0.15) is 25.7 Å². The third-order valence-corrected chi connectivity index (χ3v) is 2.29. The van der Waals surface area contributed by atoms with E-state index in [1.165, 1.54) is 0 Å². The Morgan fingerprint density at radius 3 is 1.50 bits per heavy atom. The van der Waals surface area contributed by atoms with E-state index in [9.17, 15) is 9.59 Å². The van der Waals surface area contributed by atoms with Gasteiger partial charge in [0, 0.05) is 13.1 Å². The largest absolute Gasteiger partial charge is 0.447 e. The zero-order chi connectivity index (χ0) is 15.1. The van der Waals surface area contributed by atoms with Crippen molar-refractivity contribution >= 4 is 12.2 Å². The van der Waals surface area contributed by atoms with E-state index in [2.05, 4.69) is 20.1 Å². The second-order valence-corrected chi connectivity index (χ2v) is 3.99. The molecule has 4 N–H and O–H groups in total. The van der Waals surface area contributed by atoms with Gasteiger partial charge in [0.2, 0.25) is 0 Å². The van der Waals surface area contributed by atoms with Crippen LogP contribution in [-0.2, 0) is 9.47 Å². The van der Waals surface area contributed by atoms with Crippen molar-refractivity contribution in [1.82, 2.24) is 10.6 Å². The molecule has 118 valence electrons. The van der Waals surface area contributed by atoms with Gasteiger partial charge in [-0.05, 0) is 12.8 Å². The first-order valence-electron chi connectivity index (χ1n) is 6.73. The Morgan fingerprint density at radius 2 is 1.15 bits per heavy atom. The molecule has 0 atom stereocenters. The minimum atomic E-state index is -0.521. The van der Waals surface area contributed by atoms with Gasteiger partial charge in [0.25, 0.3) is 0 Å². The van der Waals surface area contributed by atoms with Gasteiger partial charge < -0.3 is 30.3 Å². The van der Waals surface area contributed by atoms with Crippen molar-refractivity contribution in [2.45, 2.75) is 25.7 Å². The number of hydrogen-bond donors (Lipinski definition) is 4. The third-order valence-electron chi connectivity index (χ3n) is 2.29. The van der Waals surface area contributed by atoms with Crippen LogP contribution < -0.4 is 10.6 Å². The topological polar surface area (TPSA) is 117 Å². The highest BCUT2D eigenvalue weighted by Crippen LogP contribution is 1.98. The maximum Gasteiger partial charge on any atom is 0.407 e. The molecule has 0 aromatic carbocycles. The zero-order valence-corrected chi connectivity index (χ0v) is 11.6. The summed E-state index contributed by atoms with van der Waals surface area (Å²) in [6.45, 7) is 0.697. The predicted molar refractivity (Wildman–Crippen MR) is 71.3 cm³/mol. The smallest absolute Gasteiger partial charge is 0.407 e. The molecule has 0 bridgehead atoms. The van der Waals surface area contributed by atoms with Crippen LogP contribution in [0.5, 0.6) is 0 Å². The normalized spacial score (nSPS) is 9.90. The molecule has 0 rings (SSSR count). The molecule has 0 fully saturated rings. The van der Waals surface area contributed by atoms with Crippen molar-refractivity contribution < 1.29 is 29.3 Å². The maximum atomic E-state index is 11.0. The van der Waals surface area contributed by atoms with E-state index < -0.39 is 12.2 Å². The highest BCUT2D eigenvalue weighted by molar-refractivity contribution is 5.67. The van der Waals surface area contributed by atoms with Crippen molar-refractivity contribution in [2.75, 3.05) is 39.5 Å². The van der Waals surface area contributed by atoms with E-state index in [-0.39, 0.29) is 26.4 Å². The first kappa shape index (κ1) is 18.5. The summed E-state index contributed by atoms with van der Waals surface area (Å²) in [5, 5.41) is 22.0. The lowest BCUT2D eigenvalue weighted by molar-refractivity contribution is 0.118. The number of nitrogens with one attached hydrogen (secondary N) is 2. The lowest BCUT2D eigenvalue weighted by atomic mass is 10.2. The Balaban J connectivity index is 3.20. The number of ether oxygens (including phenoxy) is 2. The van der Waals surface area contributed by atoms with Crippen molar-refractivity contribution in [3.8, 4) is 0 Å². The molecule has 0 spiro atoms. The highest BCUT2D eigenvalue weighted by atomic mass is 16.6. The van der Waals surface area contributed by atoms with Gasteiger partial charge in [0.15, 0.2) is 0 Å². The van der Waals surface area contributed by atoms with Crippen LogP contribution >= 0.6 is 0 Å². The van der Waals surface area contributed by atoms with Gasteiger partial charge in [-0.15, -0.1) is 0 Å². The Hall–Kier alpha value is -1.54. The lowest BCUT2D eigenvalue weighted by Gasteiger charge is -2.06. The fourth-order valence-electron chi connectivity index (χ4n) is 1.36. The summed E-state index contributed by atoms with van der Waals surface area (Å²) in [5.41, 5.74) is 0. The van der Waals surface area contributed by atoms with E-state index >= 15 is 0 Å². The molecule has 0 saturated carbocycles. The Morgan fingerprint density at radius 1 is 0.750 bits per heavy atom. The Kier molecular flexibility index (Phi) is 12.8. The average molecular weight is 292 g/mol. The predicted octanol–water partition coefficient (Wildman–Crippen LogP) is -0.0162. The summed E-state index contributed by atoms with van der Waals surface area (Å²) in [5.74, 6) is 0. The number of aliphatic hydroxyl groups excluding tert-OH is 2. The standard InChI is InChI=1S/C12H24N2O6/c15-7-9-19-11(17)13-5-3-1-2-4-6-14-12(18)20-10-8-16/h15-16H,1-10H2,(H,13,17)(H,14,18). The number of hydrogen-bond acceptors (Lipinski definition) is 6. The van der Waals surface area contributed by atoms with Gasteiger partial charge in [0.1, 0.15) is 13.2 Å². The quantitative estimate of drug-likeness (QED) is 0.398. The molecule has 0 aliphatic heterocycles. The molecule has 0 radical (unpaired) electrons. The van der Waals surface area contributed by atoms with Crippen molar-refractivity contribution in [3.63, 3.8) is 0 Å². The molecule has 0 aromatic rings. The summed E-state index contributed by atoms with van der Waals surface area (Å²) in [7, 11) is 0. The van der Waals surface area contributed by atoms with Crippen LogP contribution in [0.3, 0.4) is 0 Å². The second-order valence-electron chi connectivity index (χ2n) is 3.99. The maximum absolute atomic E-state index is 11.0. The van der Waals surface area contributed by atoms with Crippen LogP contribution in [0.25, 0.3) is 0 Å². The monoisotopic (exact) mass is 292 g/mol. The van der Waals surface area contributed by atoms with E-state index in [0.717, 1.165) is 25.7 Å². The van der Waals surface area contributed by atoms with E-state index in [1.807, 2.05) is 0 Å². The van der Waals surface area contributed by atoms with Crippen molar-refractivity contribution in [1.29, 1.82) is 0 Å². The number of unbranched alkanes of at least 4 members (excludes halogenated alkanes) is 3. The van der Waals surface area contributed by atoms with E-state index in [4.69, 9.17) is 10.2 Å². The van der Waals surface area contributed by atoms with Crippen molar-refractivity contribution in [2.24, 2.45) is 0 Å². The molecule has 8 heteroatoms. The van der Waals surface area contributed by atoms with Crippen LogP contribution in [0, 0.1) is 0 Å². The summed E-state index contributed by atoms with van der Waals surface area (Å²) >= 11 is 0. The van der Waals surface area contributed by atoms with Crippen molar-refractivity contribution in [3.05, 3.63) is 0 Å². The van der Waals surface area contributed by atoms with Gasteiger partial charge in [-0.25, -0.2) is 9.59 Å². The average Bonchev–Trinajstić information content (AvgIpc) is 2.45. The fourth-order valence-corrected chi connectivity index (χ4v) is 1.36. The number of amides is 2. The molecule has 0 aliphatic rings. The van der Waals surface area contributed by atoms with E-state index in [0.29, 0.717) is 13.1 Å². The molecule has 0 heterocycles. The fraction of sp³-hybridized carbons (Fsp3) is 0.833. The number of carbonyl (C=O) groups excluding carboxylic acids is 2. The third kappa shape index (κ3) is 12.9. The van der Waals surface area contributed by atoms with Crippen LogP contribution in [-0.4, -0.2) is 61.9 Å². The van der Waals surface area contributed by atoms with Gasteiger partial charge in [-0.3, -0.25) is 0 Å². The minimum Gasteiger partial charge on any atom is -0.447 e. The van der Waals surface area contributed by atoms with Gasteiger partial charge >= 0.3 is 12.2 Å². The number of rotatable bonds is 11. The molecule has 8 nitrogen and oxygen atoms in total. The molecule has 0 aliphatic carbocycles. The molecular weight excluding hydrogens is 268 g/mol. The molecule has 20 heavy (non-hydrogen) atoms. The number of alkyl carbamates (subject to hydrolysis) is 2. The van der Waals surface area contributed by atoms with Gasteiger partial charge in [-0.2, -0.15) is 0 Å².